The highest BCUT2D eigenvalue weighted by Crippen LogP contribution is 2.20. The molecule has 20 heavy (non-hydrogen) atoms. The van der Waals surface area contributed by atoms with E-state index in [1.807, 2.05) is 0 Å². The summed E-state index contributed by atoms with van der Waals surface area (Å²) in [4.78, 5) is 16.1. The first kappa shape index (κ1) is 13.8. The summed E-state index contributed by atoms with van der Waals surface area (Å²) in [6.07, 6.45) is 1.45. The summed E-state index contributed by atoms with van der Waals surface area (Å²) in [6, 6.07) is 5.59. The number of anilines is 2. The summed E-state index contributed by atoms with van der Waals surface area (Å²) in [6.45, 7) is 1.78. The maximum atomic E-state index is 13.3. The number of halogens is 1. The van der Waals surface area contributed by atoms with Gasteiger partial charge in [0, 0.05) is 5.56 Å². The lowest BCUT2D eigenvalue weighted by Gasteiger charge is -2.09. The van der Waals surface area contributed by atoms with Gasteiger partial charge in [-0.1, -0.05) is 0 Å². The summed E-state index contributed by atoms with van der Waals surface area (Å²) in [7, 11) is 1.34. The van der Waals surface area contributed by atoms with E-state index < -0.39 is 11.7 Å². The smallest absolute Gasteiger partial charge is 0.256 e. The molecule has 0 atom stereocenters. The molecule has 2 rings (SSSR count). The van der Waals surface area contributed by atoms with Gasteiger partial charge in [0.05, 0.1) is 19.0 Å². The van der Waals surface area contributed by atoms with E-state index in [0.717, 1.165) is 5.56 Å². The lowest BCUT2D eigenvalue weighted by atomic mass is 10.2. The zero-order valence-electron chi connectivity index (χ0n) is 11.1. The summed E-state index contributed by atoms with van der Waals surface area (Å²) in [5.74, 6) is -0.498. The van der Waals surface area contributed by atoms with Crippen molar-refractivity contribution in [3.63, 3.8) is 0 Å². The quantitative estimate of drug-likeness (QED) is 0.901. The van der Waals surface area contributed by atoms with Crippen molar-refractivity contribution in [2.24, 2.45) is 0 Å². The number of aromatic nitrogens is 1. The first-order valence-electron chi connectivity index (χ1n) is 5.88. The second kappa shape index (κ2) is 5.56. The van der Waals surface area contributed by atoms with Gasteiger partial charge in [0.1, 0.15) is 5.82 Å². The highest BCUT2D eigenvalue weighted by atomic mass is 19.1. The standard InChI is InChI=1S/C14H14FN3O2/c1-8-5-10(16)7-17-13(8)18-14(19)9-3-4-11(15)12(6-9)20-2/h3-7H,16H2,1-2H3,(H,17,18,19). The zero-order valence-corrected chi connectivity index (χ0v) is 11.1. The van der Waals surface area contributed by atoms with Gasteiger partial charge in [0.2, 0.25) is 0 Å². The Labute approximate surface area is 115 Å². The Hall–Kier alpha value is -2.63. The fourth-order valence-corrected chi connectivity index (χ4v) is 1.71. The Kier molecular flexibility index (Phi) is 3.84. The molecular formula is C14H14FN3O2. The molecule has 5 nitrogen and oxygen atoms in total. The highest BCUT2D eigenvalue weighted by molar-refractivity contribution is 6.04. The fraction of sp³-hybridized carbons (Fsp3) is 0.143. The monoisotopic (exact) mass is 275 g/mol. The molecule has 0 aliphatic carbocycles. The van der Waals surface area contributed by atoms with Crippen LogP contribution in [0.2, 0.25) is 0 Å². The Morgan fingerprint density at radius 3 is 2.80 bits per heavy atom. The maximum Gasteiger partial charge on any atom is 0.256 e. The molecule has 104 valence electrons. The third-order valence-electron chi connectivity index (χ3n) is 2.74. The first-order chi connectivity index (χ1) is 9.51. The SMILES string of the molecule is COc1cc(C(=O)Nc2ncc(N)cc2C)ccc1F. The van der Waals surface area contributed by atoms with E-state index in [0.29, 0.717) is 11.5 Å². The van der Waals surface area contributed by atoms with Gasteiger partial charge in [-0.25, -0.2) is 9.37 Å². The van der Waals surface area contributed by atoms with Crippen LogP contribution in [0.4, 0.5) is 15.9 Å². The average molecular weight is 275 g/mol. The van der Waals surface area contributed by atoms with E-state index >= 15 is 0 Å². The van der Waals surface area contributed by atoms with Crippen molar-refractivity contribution in [1.29, 1.82) is 0 Å². The van der Waals surface area contributed by atoms with E-state index in [2.05, 4.69) is 10.3 Å². The predicted molar refractivity (Wildman–Crippen MR) is 74.3 cm³/mol. The highest BCUT2D eigenvalue weighted by Gasteiger charge is 2.12. The molecule has 0 aliphatic rings. The van der Waals surface area contributed by atoms with Gasteiger partial charge in [-0.15, -0.1) is 0 Å². The first-order valence-corrected chi connectivity index (χ1v) is 5.88. The molecule has 0 saturated heterocycles. The van der Waals surface area contributed by atoms with Gasteiger partial charge in [-0.05, 0) is 36.8 Å². The predicted octanol–water partition coefficient (Wildman–Crippen LogP) is 2.37. The minimum atomic E-state index is -0.522. The zero-order chi connectivity index (χ0) is 14.7. The van der Waals surface area contributed by atoms with Crippen LogP contribution in [-0.4, -0.2) is 18.0 Å². The maximum absolute atomic E-state index is 13.3. The van der Waals surface area contributed by atoms with Crippen LogP contribution in [0.5, 0.6) is 5.75 Å². The number of ether oxygens (including phenoxy) is 1. The Morgan fingerprint density at radius 2 is 2.15 bits per heavy atom. The second-order valence-electron chi connectivity index (χ2n) is 4.24. The van der Waals surface area contributed by atoms with Gasteiger partial charge in [0.15, 0.2) is 11.6 Å². The molecule has 0 spiro atoms. The number of pyridine rings is 1. The largest absolute Gasteiger partial charge is 0.494 e. The van der Waals surface area contributed by atoms with Crippen LogP contribution in [-0.2, 0) is 0 Å². The summed E-state index contributed by atoms with van der Waals surface area (Å²) >= 11 is 0. The fourth-order valence-electron chi connectivity index (χ4n) is 1.71. The topological polar surface area (TPSA) is 77.2 Å². The Morgan fingerprint density at radius 1 is 1.40 bits per heavy atom. The van der Waals surface area contributed by atoms with E-state index in [9.17, 15) is 9.18 Å². The summed E-state index contributed by atoms with van der Waals surface area (Å²) in [5, 5.41) is 2.64. The van der Waals surface area contributed by atoms with Gasteiger partial charge in [-0.2, -0.15) is 0 Å². The van der Waals surface area contributed by atoms with E-state index in [1.165, 1.54) is 31.5 Å². The number of aryl methyl sites for hydroxylation is 1. The molecule has 1 heterocycles. The molecule has 6 heteroatoms. The van der Waals surface area contributed by atoms with Crippen molar-refractivity contribution in [1.82, 2.24) is 4.98 Å². The minimum absolute atomic E-state index is 0.0136. The van der Waals surface area contributed by atoms with Gasteiger partial charge in [-0.3, -0.25) is 4.79 Å². The molecule has 1 amide bonds. The number of rotatable bonds is 3. The molecule has 3 N–H and O–H groups in total. The number of benzene rings is 1. The normalized spacial score (nSPS) is 10.2. The lowest BCUT2D eigenvalue weighted by Crippen LogP contribution is -2.14. The number of methoxy groups -OCH3 is 1. The minimum Gasteiger partial charge on any atom is -0.494 e. The molecule has 1 aromatic carbocycles. The Balaban J connectivity index is 2.24. The van der Waals surface area contributed by atoms with Crippen molar-refractivity contribution in [2.45, 2.75) is 6.92 Å². The van der Waals surface area contributed by atoms with Crippen molar-refractivity contribution in [3.05, 3.63) is 47.4 Å². The van der Waals surface area contributed by atoms with Crippen LogP contribution >= 0.6 is 0 Å². The van der Waals surface area contributed by atoms with Crippen molar-refractivity contribution in [3.8, 4) is 5.75 Å². The van der Waals surface area contributed by atoms with Crippen molar-refractivity contribution >= 4 is 17.4 Å². The number of carbonyl (C=O) groups excluding carboxylic acids is 1. The van der Waals surface area contributed by atoms with E-state index in [4.69, 9.17) is 10.5 Å². The van der Waals surface area contributed by atoms with Gasteiger partial charge >= 0.3 is 0 Å². The van der Waals surface area contributed by atoms with E-state index in [1.54, 1.807) is 13.0 Å². The average Bonchev–Trinajstić information content (AvgIpc) is 2.42. The van der Waals surface area contributed by atoms with Gasteiger partial charge < -0.3 is 15.8 Å². The number of nitrogen functional groups attached to an aromatic ring is 1. The molecule has 0 saturated carbocycles. The van der Waals surface area contributed by atoms with Crippen molar-refractivity contribution in [2.75, 3.05) is 18.2 Å². The number of nitrogens with zero attached hydrogens (tertiary/aromatic N) is 1. The molecular weight excluding hydrogens is 261 g/mol. The Bertz CT molecular complexity index is 659. The lowest BCUT2D eigenvalue weighted by molar-refractivity contribution is 0.102. The van der Waals surface area contributed by atoms with Crippen LogP contribution in [0, 0.1) is 12.7 Å². The van der Waals surface area contributed by atoms with Crippen LogP contribution in [0.3, 0.4) is 0 Å². The molecule has 1 aromatic heterocycles. The van der Waals surface area contributed by atoms with Crippen LogP contribution in [0.1, 0.15) is 15.9 Å². The molecule has 0 radical (unpaired) electrons. The number of nitrogens with two attached hydrogens (primary N) is 1. The van der Waals surface area contributed by atoms with Gasteiger partial charge in [0.25, 0.3) is 5.91 Å². The number of carbonyl (C=O) groups is 1. The second-order valence-corrected chi connectivity index (χ2v) is 4.24. The number of amides is 1. The molecule has 0 bridgehead atoms. The third kappa shape index (κ3) is 2.85. The third-order valence-corrected chi connectivity index (χ3v) is 2.74. The van der Waals surface area contributed by atoms with Crippen LogP contribution in [0.15, 0.2) is 30.5 Å². The molecule has 0 unspecified atom stereocenters. The number of hydrogen-bond donors (Lipinski definition) is 2. The van der Waals surface area contributed by atoms with E-state index in [-0.39, 0.29) is 11.3 Å². The number of nitrogens with one attached hydrogen (secondary N) is 1. The summed E-state index contributed by atoms with van der Waals surface area (Å²) < 4.78 is 18.1. The van der Waals surface area contributed by atoms with Crippen LogP contribution < -0.4 is 15.8 Å². The van der Waals surface area contributed by atoms with Crippen molar-refractivity contribution < 1.29 is 13.9 Å². The molecule has 0 aliphatic heterocycles. The summed E-state index contributed by atoms with van der Waals surface area (Å²) in [5.41, 5.74) is 7.13. The molecule has 0 fully saturated rings. The molecule has 2 aromatic rings. The van der Waals surface area contributed by atoms with Crippen LogP contribution in [0.25, 0.3) is 0 Å². The number of hydrogen-bond acceptors (Lipinski definition) is 4.